The van der Waals surface area contributed by atoms with Crippen LogP contribution in [0.2, 0.25) is 5.02 Å². The molecule has 0 bridgehead atoms. The highest BCUT2D eigenvalue weighted by molar-refractivity contribution is 6.30. The molecule has 3 amide bonds. The van der Waals surface area contributed by atoms with E-state index in [1.54, 1.807) is 23.1 Å². The van der Waals surface area contributed by atoms with E-state index in [1.165, 1.54) is 12.1 Å². The lowest BCUT2D eigenvalue weighted by atomic mass is 10.1. The molecule has 7 heteroatoms. The smallest absolute Gasteiger partial charge is 0.269 e. The van der Waals surface area contributed by atoms with Crippen LogP contribution in [0.15, 0.2) is 36.9 Å². The van der Waals surface area contributed by atoms with E-state index in [9.17, 15) is 14.4 Å². The van der Waals surface area contributed by atoms with Gasteiger partial charge < -0.3 is 4.90 Å². The van der Waals surface area contributed by atoms with Crippen LogP contribution < -0.4 is 10.9 Å². The van der Waals surface area contributed by atoms with Gasteiger partial charge in [-0.15, -0.1) is 0 Å². The number of rotatable bonds is 3. The zero-order valence-electron chi connectivity index (χ0n) is 11.8. The van der Waals surface area contributed by atoms with Crippen LogP contribution in [0.4, 0.5) is 0 Å². The van der Waals surface area contributed by atoms with Crippen LogP contribution in [-0.2, 0) is 9.59 Å². The Kier molecular flexibility index (Phi) is 5.16. The van der Waals surface area contributed by atoms with Crippen molar-refractivity contribution in [1.82, 2.24) is 15.8 Å². The molecular weight excluding hydrogens is 306 g/mol. The molecule has 1 aromatic carbocycles. The third-order valence-electron chi connectivity index (χ3n) is 3.43. The van der Waals surface area contributed by atoms with Crippen LogP contribution in [0, 0.1) is 5.92 Å². The standard InChI is InChI=1S/C15H16ClN3O3/c1-2-13(20)19-7-6-11(9-19)15(22)18-17-14(21)10-4-3-5-12(16)8-10/h2-5,8,11H,1,6-7,9H2,(H,17,21)(H,18,22). The quantitative estimate of drug-likeness (QED) is 0.647. The Morgan fingerprint density at radius 2 is 2.09 bits per heavy atom. The molecule has 2 rings (SSSR count). The van der Waals surface area contributed by atoms with E-state index in [1.807, 2.05) is 0 Å². The number of hydrogen-bond acceptors (Lipinski definition) is 3. The lowest BCUT2D eigenvalue weighted by Crippen LogP contribution is -2.45. The maximum atomic E-state index is 12.0. The lowest BCUT2D eigenvalue weighted by molar-refractivity contribution is -0.127. The third-order valence-corrected chi connectivity index (χ3v) is 3.67. The number of hydrogen-bond donors (Lipinski definition) is 2. The van der Waals surface area contributed by atoms with Crippen LogP contribution in [-0.4, -0.2) is 35.7 Å². The summed E-state index contributed by atoms with van der Waals surface area (Å²) in [5.41, 5.74) is 5.06. The van der Waals surface area contributed by atoms with Crippen molar-refractivity contribution >= 4 is 29.3 Å². The number of halogens is 1. The van der Waals surface area contributed by atoms with Crippen LogP contribution in [0.5, 0.6) is 0 Å². The number of likely N-dealkylation sites (tertiary alicyclic amines) is 1. The monoisotopic (exact) mass is 321 g/mol. The second kappa shape index (κ2) is 7.09. The highest BCUT2D eigenvalue weighted by atomic mass is 35.5. The lowest BCUT2D eigenvalue weighted by Gasteiger charge is -2.14. The Hall–Kier alpha value is -2.34. The van der Waals surface area contributed by atoms with Gasteiger partial charge in [-0.2, -0.15) is 0 Å². The summed E-state index contributed by atoms with van der Waals surface area (Å²) in [6.07, 6.45) is 1.78. The fourth-order valence-corrected chi connectivity index (χ4v) is 2.42. The van der Waals surface area contributed by atoms with Crippen molar-refractivity contribution in [3.05, 3.63) is 47.5 Å². The minimum Gasteiger partial charge on any atom is -0.338 e. The first-order valence-electron chi connectivity index (χ1n) is 6.78. The molecule has 1 heterocycles. The molecule has 1 atom stereocenters. The number of hydrazine groups is 1. The van der Waals surface area contributed by atoms with E-state index in [2.05, 4.69) is 17.4 Å². The number of carbonyl (C=O) groups is 3. The second-order valence-corrected chi connectivity index (χ2v) is 5.36. The number of benzene rings is 1. The highest BCUT2D eigenvalue weighted by Crippen LogP contribution is 2.16. The van der Waals surface area contributed by atoms with Gasteiger partial charge in [0.25, 0.3) is 5.91 Å². The van der Waals surface area contributed by atoms with Gasteiger partial charge in [0.15, 0.2) is 0 Å². The van der Waals surface area contributed by atoms with Gasteiger partial charge in [-0.3, -0.25) is 25.2 Å². The molecule has 0 saturated carbocycles. The molecule has 1 aliphatic heterocycles. The van der Waals surface area contributed by atoms with Crippen molar-refractivity contribution in [3.63, 3.8) is 0 Å². The molecule has 1 unspecified atom stereocenters. The second-order valence-electron chi connectivity index (χ2n) is 4.93. The van der Waals surface area contributed by atoms with Gasteiger partial charge in [-0.25, -0.2) is 0 Å². The summed E-state index contributed by atoms with van der Waals surface area (Å²) < 4.78 is 0. The molecule has 6 nitrogen and oxygen atoms in total. The first kappa shape index (κ1) is 16.0. The average molecular weight is 322 g/mol. The molecule has 0 aliphatic carbocycles. The van der Waals surface area contributed by atoms with Gasteiger partial charge in [0.1, 0.15) is 0 Å². The zero-order chi connectivity index (χ0) is 16.1. The van der Waals surface area contributed by atoms with Crippen LogP contribution in [0.3, 0.4) is 0 Å². The number of carbonyl (C=O) groups excluding carboxylic acids is 3. The predicted octanol–water partition coefficient (Wildman–Crippen LogP) is 1.14. The molecule has 1 aliphatic rings. The van der Waals surface area contributed by atoms with E-state index in [-0.39, 0.29) is 17.7 Å². The molecule has 116 valence electrons. The average Bonchev–Trinajstić information content (AvgIpc) is 3.01. The summed E-state index contributed by atoms with van der Waals surface area (Å²) in [6.45, 7) is 4.24. The molecule has 2 N–H and O–H groups in total. The minimum absolute atomic E-state index is 0.196. The largest absolute Gasteiger partial charge is 0.338 e. The van der Waals surface area contributed by atoms with Crippen LogP contribution >= 0.6 is 11.6 Å². The topological polar surface area (TPSA) is 78.5 Å². The van der Waals surface area contributed by atoms with Crippen molar-refractivity contribution in [2.24, 2.45) is 5.92 Å². The summed E-state index contributed by atoms with van der Waals surface area (Å²) >= 11 is 5.80. The van der Waals surface area contributed by atoms with E-state index >= 15 is 0 Å². The molecular formula is C15H16ClN3O3. The summed E-state index contributed by atoms with van der Waals surface area (Å²) in [5, 5.41) is 0.438. The summed E-state index contributed by atoms with van der Waals surface area (Å²) in [7, 11) is 0. The number of amides is 3. The Morgan fingerprint density at radius 1 is 1.32 bits per heavy atom. The third kappa shape index (κ3) is 3.85. The fourth-order valence-electron chi connectivity index (χ4n) is 2.23. The first-order valence-corrected chi connectivity index (χ1v) is 7.16. The van der Waals surface area contributed by atoms with Crippen molar-refractivity contribution in [3.8, 4) is 0 Å². The van der Waals surface area contributed by atoms with Crippen molar-refractivity contribution in [1.29, 1.82) is 0 Å². The highest BCUT2D eigenvalue weighted by Gasteiger charge is 2.30. The van der Waals surface area contributed by atoms with Gasteiger partial charge in [-0.05, 0) is 30.7 Å². The van der Waals surface area contributed by atoms with Gasteiger partial charge >= 0.3 is 0 Å². The number of nitrogens with one attached hydrogen (secondary N) is 2. The van der Waals surface area contributed by atoms with Gasteiger partial charge in [0.05, 0.1) is 5.92 Å². The zero-order valence-corrected chi connectivity index (χ0v) is 12.6. The Balaban J connectivity index is 1.84. The summed E-state index contributed by atoms with van der Waals surface area (Å²) in [4.78, 5) is 36.9. The van der Waals surface area contributed by atoms with Gasteiger partial charge in [-0.1, -0.05) is 24.2 Å². The van der Waals surface area contributed by atoms with Crippen LogP contribution in [0.25, 0.3) is 0 Å². The summed E-state index contributed by atoms with van der Waals surface area (Å²) in [6, 6.07) is 6.39. The van der Waals surface area contributed by atoms with E-state index in [0.717, 1.165) is 0 Å². The molecule has 0 spiro atoms. The molecule has 0 radical (unpaired) electrons. The normalized spacial score (nSPS) is 17.0. The van der Waals surface area contributed by atoms with E-state index in [4.69, 9.17) is 11.6 Å². The Bertz CT molecular complexity index is 618. The Morgan fingerprint density at radius 3 is 2.77 bits per heavy atom. The molecule has 0 aromatic heterocycles. The van der Waals surface area contributed by atoms with Crippen molar-refractivity contribution in [2.75, 3.05) is 13.1 Å². The van der Waals surface area contributed by atoms with Crippen molar-refractivity contribution in [2.45, 2.75) is 6.42 Å². The predicted molar refractivity (Wildman–Crippen MR) is 81.9 cm³/mol. The molecule has 22 heavy (non-hydrogen) atoms. The minimum atomic E-state index is -0.451. The SMILES string of the molecule is C=CC(=O)N1CCC(C(=O)NNC(=O)c2cccc(Cl)c2)C1. The fraction of sp³-hybridized carbons (Fsp3) is 0.267. The van der Waals surface area contributed by atoms with Gasteiger partial charge in [0, 0.05) is 23.7 Å². The maximum Gasteiger partial charge on any atom is 0.269 e. The van der Waals surface area contributed by atoms with Gasteiger partial charge in [0.2, 0.25) is 11.8 Å². The first-order chi connectivity index (χ1) is 10.5. The Labute approximate surface area is 133 Å². The van der Waals surface area contributed by atoms with E-state index in [0.29, 0.717) is 30.1 Å². The maximum absolute atomic E-state index is 12.0. The number of nitrogens with zero attached hydrogens (tertiary/aromatic N) is 1. The van der Waals surface area contributed by atoms with Crippen molar-refractivity contribution < 1.29 is 14.4 Å². The van der Waals surface area contributed by atoms with E-state index < -0.39 is 5.91 Å². The van der Waals surface area contributed by atoms with Crippen LogP contribution in [0.1, 0.15) is 16.8 Å². The molecule has 1 saturated heterocycles. The molecule has 1 fully saturated rings. The molecule has 1 aromatic rings. The summed E-state index contributed by atoms with van der Waals surface area (Å²) in [5.74, 6) is -1.32.